The minimum Gasteiger partial charge on any atom is -0.342 e. The Morgan fingerprint density at radius 1 is 1.04 bits per heavy atom. The molecule has 5 nitrogen and oxygen atoms in total. The Morgan fingerprint density at radius 3 is 2.40 bits per heavy atom. The van der Waals surface area contributed by atoms with Gasteiger partial charge in [0.15, 0.2) is 0 Å². The zero-order chi connectivity index (χ0) is 17.8. The van der Waals surface area contributed by atoms with Gasteiger partial charge in [0.1, 0.15) is 11.6 Å². The van der Waals surface area contributed by atoms with Gasteiger partial charge in [0.05, 0.1) is 12.3 Å². The molecule has 2 fully saturated rings. The average molecular weight is 346 g/mol. The van der Waals surface area contributed by atoms with Crippen LogP contribution in [-0.2, 0) is 20.8 Å². The van der Waals surface area contributed by atoms with E-state index in [1.54, 1.807) is 21.9 Å². The Morgan fingerprint density at radius 2 is 1.72 bits per heavy atom. The van der Waals surface area contributed by atoms with Gasteiger partial charge in [-0.2, -0.15) is 0 Å². The molecule has 2 aliphatic rings. The molecule has 0 radical (unpaired) electrons. The zero-order valence-electron chi connectivity index (χ0n) is 14.2. The SMILES string of the molecule is O=C1CCN(C(=O)C2CCCN(C(=O)Cc3ccc(F)cc3)C2)CC1. The van der Waals surface area contributed by atoms with E-state index in [9.17, 15) is 18.8 Å². The van der Waals surface area contributed by atoms with Crippen LogP contribution in [-0.4, -0.2) is 53.6 Å². The lowest BCUT2D eigenvalue weighted by Gasteiger charge is -2.36. The maximum Gasteiger partial charge on any atom is 0.227 e. The number of Topliss-reactive ketones (excluding diaryl/α,β-unsaturated/α-hetero) is 1. The molecule has 1 aromatic rings. The van der Waals surface area contributed by atoms with Crippen LogP contribution in [0.15, 0.2) is 24.3 Å². The molecule has 2 aliphatic heterocycles. The Balaban J connectivity index is 1.56. The minimum absolute atomic E-state index is 0.0297. The molecule has 2 heterocycles. The fourth-order valence-corrected chi connectivity index (χ4v) is 3.53. The number of halogens is 1. The van der Waals surface area contributed by atoms with Crippen LogP contribution in [0.2, 0.25) is 0 Å². The van der Waals surface area contributed by atoms with Crippen molar-refractivity contribution in [1.82, 2.24) is 9.80 Å². The van der Waals surface area contributed by atoms with Gasteiger partial charge in [-0.05, 0) is 30.5 Å². The predicted molar refractivity (Wildman–Crippen MR) is 90.2 cm³/mol. The number of ketones is 1. The third-order valence-electron chi connectivity index (χ3n) is 5.02. The van der Waals surface area contributed by atoms with Crippen LogP contribution in [0.3, 0.4) is 0 Å². The number of amides is 2. The van der Waals surface area contributed by atoms with Crippen LogP contribution in [0.25, 0.3) is 0 Å². The van der Waals surface area contributed by atoms with Crippen LogP contribution in [0.4, 0.5) is 4.39 Å². The molecule has 3 rings (SSSR count). The molecule has 1 aromatic carbocycles. The number of rotatable bonds is 3. The van der Waals surface area contributed by atoms with E-state index >= 15 is 0 Å². The summed E-state index contributed by atoms with van der Waals surface area (Å²) in [5.41, 5.74) is 0.773. The van der Waals surface area contributed by atoms with Crippen LogP contribution >= 0.6 is 0 Å². The number of benzene rings is 1. The molecule has 134 valence electrons. The number of nitrogens with zero attached hydrogens (tertiary/aromatic N) is 2. The predicted octanol–water partition coefficient (Wildman–Crippen LogP) is 1.80. The molecule has 0 aromatic heterocycles. The third kappa shape index (κ3) is 4.44. The molecule has 1 atom stereocenters. The minimum atomic E-state index is -0.320. The fraction of sp³-hybridized carbons (Fsp3) is 0.526. The van der Waals surface area contributed by atoms with Gasteiger partial charge in [-0.3, -0.25) is 14.4 Å². The van der Waals surface area contributed by atoms with E-state index in [2.05, 4.69) is 0 Å². The van der Waals surface area contributed by atoms with Gasteiger partial charge in [-0.25, -0.2) is 4.39 Å². The monoisotopic (exact) mass is 346 g/mol. The van der Waals surface area contributed by atoms with E-state index in [1.807, 2.05) is 0 Å². The Labute approximate surface area is 146 Å². The van der Waals surface area contributed by atoms with Crippen LogP contribution in [0.1, 0.15) is 31.2 Å². The van der Waals surface area contributed by atoms with E-state index in [-0.39, 0.29) is 35.8 Å². The molecule has 2 amide bonds. The topological polar surface area (TPSA) is 57.7 Å². The van der Waals surface area contributed by atoms with Crippen LogP contribution in [0.5, 0.6) is 0 Å². The first-order chi connectivity index (χ1) is 12.0. The molecular formula is C19H23FN2O3. The second kappa shape index (κ2) is 7.76. The number of carbonyl (C=O) groups is 3. The molecule has 0 saturated carbocycles. The number of hydrogen-bond donors (Lipinski definition) is 0. The summed E-state index contributed by atoms with van der Waals surface area (Å²) in [6, 6.07) is 5.93. The number of hydrogen-bond acceptors (Lipinski definition) is 3. The summed E-state index contributed by atoms with van der Waals surface area (Å²) in [5, 5.41) is 0. The highest BCUT2D eigenvalue weighted by Gasteiger charge is 2.32. The van der Waals surface area contributed by atoms with Crippen LogP contribution in [0, 0.1) is 11.7 Å². The maximum absolute atomic E-state index is 13.0. The summed E-state index contributed by atoms with van der Waals surface area (Å²) < 4.78 is 13.0. The van der Waals surface area contributed by atoms with Gasteiger partial charge in [-0.15, -0.1) is 0 Å². The lowest BCUT2D eigenvalue weighted by molar-refractivity contribution is -0.142. The van der Waals surface area contributed by atoms with Gasteiger partial charge in [0.25, 0.3) is 0 Å². The van der Waals surface area contributed by atoms with E-state index < -0.39 is 0 Å². The van der Waals surface area contributed by atoms with Crippen molar-refractivity contribution in [1.29, 1.82) is 0 Å². The molecule has 0 N–H and O–H groups in total. The molecule has 0 bridgehead atoms. The smallest absolute Gasteiger partial charge is 0.227 e. The maximum atomic E-state index is 13.0. The first kappa shape index (κ1) is 17.6. The van der Waals surface area contributed by atoms with Crippen molar-refractivity contribution < 1.29 is 18.8 Å². The van der Waals surface area contributed by atoms with Crippen molar-refractivity contribution in [3.63, 3.8) is 0 Å². The molecule has 0 aliphatic carbocycles. The van der Waals surface area contributed by atoms with Crippen molar-refractivity contribution in [3.8, 4) is 0 Å². The largest absolute Gasteiger partial charge is 0.342 e. The Kier molecular flexibility index (Phi) is 5.46. The van der Waals surface area contributed by atoms with Gasteiger partial charge in [0, 0.05) is 39.0 Å². The summed E-state index contributed by atoms with van der Waals surface area (Å²) in [5.74, 6) is -0.257. The fourth-order valence-electron chi connectivity index (χ4n) is 3.53. The van der Waals surface area contributed by atoms with E-state index in [1.165, 1.54) is 12.1 Å². The summed E-state index contributed by atoms with van der Waals surface area (Å²) in [4.78, 5) is 40.0. The molecule has 1 unspecified atom stereocenters. The van der Waals surface area contributed by atoms with Crippen molar-refractivity contribution in [2.75, 3.05) is 26.2 Å². The zero-order valence-corrected chi connectivity index (χ0v) is 14.2. The Bertz CT molecular complexity index is 649. The van der Waals surface area contributed by atoms with E-state index in [4.69, 9.17) is 0 Å². The van der Waals surface area contributed by atoms with Crippen molar-refractivity contribution in [2.24, 2.45) is 5.92 Å². The Hall–Kier alpha value is -2.24. The lowest BCUT2D eigenvalue weighted by Crippen LogP contribution is -2.49. The molecule has 25 heavy (non-hydrogen) atoms. The standard InChI is InChI=1S/C19H23FN2O3/c20-16-5-3-14(4-6-16)12-18(24)22-9-1-2-15(13-22)19(25)21-10-7-17(23)8-11-21/h3-6,15H,1-2,7-13H2. The quantitative estimate of drug-likeness (QED) is 0.839. The summed E-state index contributed by atoms with van der Waals surface area (Å²) >= 11 is 0. The van der Waals surface area contributed by atoms with Gasteiger partial charge >= 0.3 is 0 Å². The number of piperidine rings is 2. The molecule has 2 saturated heterocycles. The first-order valence-corrected chi connectivity index (χ1v) is 8.85. The highest BCUT2D eigenvalue weighted by molar-refractivity contribution is 5.85. The highest BCUT2D eigenvalue weighted by atomic mass is 19.1. The number of carbonyl (C=O) groups excluding carboxylic acids is 3. The molecule has 6 heteroatoms. The molecule has 0 spiro atoms. The van der Waals surface area contributed by atoms with Crippen LogP contribution < -0.4 is 0 Å². The van der Waals surface area contributed by atoms with E-state index in [0.717, 1.165) is 18.4 Å². The van der Waals surface area contributed by atoms with Crippen molar-refractivity contribution >= 4 is 17.6 Å². The summed E-state index contributed by atoms with van der Waals surface area (Å²) in [6.07, 6.45) is 2.68. The van der Waals surface area contributed by atoms with Crippen molar-refractivity contribution in [2.45, 2.75) is 32.1 Å². The second-order valence-electron chi connectivity index (χ2n) is 6.85. The normalized spacial score (nSPS) is 21.3. The van der Waals surface area contributed by atoms with Gasteiger partial charge in [0.2, 0.25) is 11.8 Å². The average Bonchev–Trinajstić information content (AvgIpc) is 2.64. The van der Waals surface area contributed by atoms with Gasteiger partial charge < -0.3 is 9.80 Å². The first-order valence-electron chi connectivity index (χ1n) is 8.85. The summed E-state index contributed by atoms with van der Waals surface area (Å²) in [7, 11) is 0. The number of likely N-dealkylation sites (tertiary alicyclic amines) is 2. The molecular weight excluding hydrogens is 323 g/mol. The lowest BCUT2D eigenvalue weighted by atomic mass is 9.95. The van der Waals surface area contributed by atoms with Crippen molar-refractivity contribution in [3.05, 3.63) is 35.6 Å². The summed E-state index contributed by atoms with van der Waals surface area (Å²) in [6.45, 7) is 2.08. The second-order valence-corrected chi connectivity index (χ2v) is 6.85. The third-order valence-corrected chi connectivity index (χ3v) is 5.02. The van der Waals surface area contributed by atoms with E-state index in [0.29, 0.717) is 39.0 Å². The van der Waals surface area contributed by atoms with Gasteiger partial charge in [-0.1, -0.05) is 12.1 Å². The highest BCUT2D eigenvalue weighted by Crippen LogP contribution is 2.21.